The van der Waals surface area contributed by atoms with Crippen molar-refractivity contribution in [2.24, 2.45) is 0 Å². The molecule has 0 N–H and O–H groups in total. The molecule has 2 heterocycles. The van der Waals surface area contributed by atoms with E-state index in [9.17, 15) is 19.2 Å². The summed E-state index contributed by atoms with van der Waals surface area (Å²) in [6.07, 6.45) is 17.0. The summed E-state index contributed by atoms with van der Waals surface area (Å²) < 4.78 is 1.18. The Balaban J connectivity index is 0.997. The van der Waals surface area contributed by atoms with Crippen LogP contribution in [0.4, 0.5) is 11.4 Å². The van der Waals surface area contributed by atoms with Gasteiger partial charge in [0.2, 0.25) is 0 Å². The molecule has 0 unspecified atom stereocenters. The molecule has 2 aliphatic rings. The van der Waals surface area contributed by atoms with Crippen LogP contribution in [0.1, 0.15) is 194 Å². The summed E-state index contributed by atoms with van der Waals surface area (Å²) in [6, 6.07) is 34.0. The number of hydrogen-bond acceptors (Lipinski definition) is 4. The summed E-state index contributed by atoms with van der Waals surface area (Å²) in [7, 11) is 0. The number of fused-ring (bicyclic) bond motifs is 2. The second-order valence-corrected chi connectivity index (χ2v) is 21.7. The van der Waals surface area contributed by atoms with E-state index in [1.165, 1.54) is 95.2 Å². The minimum absolute atomic E-state index is 0.0923. The van der Waals surface area contributed by atoms with Crippen molar-refractivity contribution in [3.63, 3.8) is 0 Å². The van der Waals surface area contributed by atoms with Crippen LogP contribution in [0.3, 0.4) is 0 Å². The number of amides is 4. The van der Waals surface area contributed by atoms with E-state index in [1.54, 1.807) is 0 Å². The lowest BCUT2D eigenvalue weighted by atomic mass is 9.82. The van der Waals surface area contributed by atoms with Gasteiger partial charge in [0, 0.05) is 37.5 Å². The number of benzene rings is 8. The molecule has 0 radical (unpaired) electrons. The Bertz CT molecular complexity index is 3260. The van der Waals surface area contributed by atoms with Crippen molar-refractivity contribution in [3.05, 3.63) is 152 Å². The Labute approximate surface area is 427 Å². The van der Waals surface area contributed by atoms with Crippen molar-refractivity contribution >= 4 is 94.0 Å². The quantitative estimate of drug-likeness (QED) is 0.0350. The smallest absolute Gasteiger partial charge is 0.266 e. The average molecular weight is 1010 g/mol. The number of anilines is 2. The number of nitrogens with zero attached hydrogens (tertiary/aromatic N) is 2. The zero-order valence-electron chi connectivity index (χ0n) is 42.3. The first kappa shape index (κ1) is 48.4. The standard InChI is InChI=1S/C64H65BrN2O4/c1-7-9-11-13-15-17-20-41-37-55(65)42(21-18-16-14-12-10-8-2)36-54(41)40-24-26-43(27-25-40)66-61(68)50-32-28-46-48-30-34-52-59-53(35-31-49(57(48)59)47-29-33-51(62(66)69)58(50)56(46)47)64(71)67(63(52)70)60-44(38(3)4)22-19-23-45(60)39(5)6/h19,22-39H,7-18,20-21H2,1-6H3. The minimum atomic E-state index is -0.359. The molecule has 71 heavy (non-hydrogen) atoms. The highest BCUT2D eigenvalue weighted by atomic mass is 79.9. The van der Waals surface area contributed by atoms with Gasteiger partial charge in [-0.1, -0.05) is 176 Å². The Hall–Kier alpha value is -6.18. The lowest BCUT2D eigenvalue weighted by Gasteiger charge is -2.33. The third kappa shape index (κ3) is 8.46. The molecule has 6 nitrogen and oxygen atoms in total. The van der Waals surface area contributed by atoms with Gasteiger partial charge in [-0.2, -0.15) is 0 Å². The Morgan fingerprint density at radius 2 is 0.831 bits per heavy atom. The molecule has 8 aromatic carbocycles. The monoisotopic (exact) mass is 1000 g/mol. The fourth-order valence-electron chi connectivity index (χ4n) is 11.8. The van der Waals surface area contributed by atoms with Gasteiger partial charge in [0.15, 0.2) is 0 Å². The number of aryl methyl sites for hydroxylation is 2. The third-order valence-electron chi connectivity index (χ3n) is 15.5. The van der Waals surface area contributed by atoms with Crippen LogP contribution in [0.5, 0.6) is 0 Å². The number of carbonyl (C=O) groups is 4. The van der Waals surface area contributed by atoms with Gasteiger partial charge in [0.1, 0.15) is 0 Å². The van der Waals surface area contributed by atoms with Crippen LogP contribution in [0, 0.1) is 0 Å². The van der Waals surface area contributed by atoms with E-state index in [2.05, 4.69) is 81.7 Å². The van der Waals surface area contributed by atoms with Crippen molar-refractivity contribution in [1.29, 1.82) is 0 Å². The van der Waals surface area contributed by atoms with Gasteiger partial charge in [-0.05, 0) is 152 Å². The lowest BCUT2D eigenvalue weighted by molar-refractivity contribution is 0.0877. The molecule has 7 heteroatoms. The van der Waals surface area contributed by atoms with Gasteiger partial charge in [-0.15, -0.1) is 0 Å². The van der Waals surface area contributed by atoms with Crippen molar-refractivity contribution in [1.82, 2.24) is 0 Å². The first-order valence-electron chi connectivity index (χ1n) is 26.5. The molecular formula is C64H65BrN2O4. The Morgan fingerprint density at radius 1 is 0.423 bits per heavy atom. The second-order valence-electron chi connectivity index (χ2n) is 20.8. The molecular weight excluding hydrogens is 941 g/mol. The molecule has 0 aromatic heterocycles. The topological polar surface area (TPSA) is 74.8 Å². The highest BCUT2D eigenvalue weighted by molar-refractivity contribution is 9.10. The molecule has 0 saturated heterocycles. The molecule has 8 aromatic rings. The fraction of sp³-hybridized carbons (Fsp3) is 0.344. The van der Waals surface area contributed by atoms with Gasteiger partial charge in [0.05, 0.1) is 11.4 Å². The first-order valence-corrected chi connectivity index (χ1v) is 27.3. The maximum Gasteiger partial charge on any atom is 0.266 e. The van der Waals surface area contributed by atoms with Crippen molar-refractivity contribution in [2.75, 3.05) is 9.80 Å². The summed E-state index contributed by atoms with van der Waals surface area (Å²) in [5.41, 5.74) is 9.99. The number of para-hydroxylation sites is 1. The fourth-order valence-corrected chi connectivity index (χ4v) is 12.4. The number of hydrogen-bond donors (Lipinski definition) is 0. The van der Waals surface area contributed by atoms with Crippen molar-refractivity contribution < 1.29 is 19.2 Å². The van der Waals surface area contributed by atoms with Crippen LogP contribution >= 0.6 is 15.9 Å². The lowest BCUT2D eigenvalue weighted by Crippen LogP contribution is -2.41. The van der Waals surface area contributed by atoms with Crippen LogP contribution in [-0.2, 0) is 12.8 Å². The number of imide groups is 2. The maximum absolute atomic E-state index is 14.8. The molecule has 0 saturated carbocycles. The largest absolute Gasteiger partial charge is 0.268 e. The van der Waals surface area contributed by atoms with Gasteiger partial charge in [-0.3, -0.25) is 19.2 Å². The SMILES string of the molecule is CCCCCCCCc1cc(-c2ccc(N3C(=O)c4ccc5c6ccc7c8c(ccc(c9ccc(c4c59)C3=O)c86)C(=O)N(c3c(C(C)C)cccc3C(C)C)C7=O)cc2)c(CCCCCCCC)cc1Br. The summed E-state index contributed by atoms with van der Waals surface area (Å²) >= 11 is 3.95. The van der Waals surface area contributed by atoms with E-state index < -0.39 is 0 Å². The van der Waals surface area contributed by atoms with Crippen LogP contribution in [0.2, 0.25) is 0 Å². The average Bonchev–Trinajstić information content (AvgIpc) is 3.37. The van der Waals surface area contributed by atoms with Crippen LogP contribution in [0.25, 0.3) is 54.2 Å². The predicted octanol–water partition coefficient (Wildman–Crippen LogP) is 17.8. The van der Waals surface area contributed by atoms with E-state index in [4.69, 9.17) is 0 Å². The number of carbonyl (C=O) groups excluding carboxylic acids is 4. The molecule has 0 aliphatic carbocycles. The molecule has 10 rings (SSSR count). The third-order valence-corrected chi connectivity index (χ3v) is 16.2. The molecule has 4 amide bonds. The molecule has 0 spiro atoms. The highest BCUT2D eigenvalue weighted by Crippen LogP contribution is 2.48. The van der Waals surface area contributed by atoms with E-state index in [0.717, 1.165) is 74.7 Å². The Kier molecular flexibility index (Phi) is 13.7. The van der Waals surface area contributed by atoms with E-state index >= 15 is 0 Å². The van der Waals surface area contributed by atoms with E-state index in [1.807, 2.05) is 78.9 Å². The van der Waals surface area contributed by atoms with Gasteiger partial charge in [-0.25, -0.2) is 9.80 Å². The number of halogens is 1. The molecule has 0 fully saturated rings. The number of rotatable bonds is 19. The molecule has 2 aliphatic heterocycles. The van der Waals surface area contributed by atoms with Crippen LogP contribution in [-0.4, -0.2) is 23.6 Å². The predicted molar refractivity (Wildman–Crippen MR) is 298 cm³/mol. The first-order chi connectivity index (χ1) is 34.4. The second kappa shape index (κ2) is 20.1. The minimum Gasteiger partial charge on any atom is -0.268 e. The molecule has 0 bridgehead atoms. The van der Waals surface area contributed by atoms with Gasteiger partial charge < -0.3 is 0 Å². The maximum atomic E-state index is 14.8. The summed E-state index contributed by atoms with van der Waals surface area (Å²) in [5.74, 6) is -1.20. The van der Waals surface area contributed by atoms with Crippen LogP contribution < -0.4 is 9.80 Å². The van der Waals surface area contributed by atoms with Crippen molar-refractivity contribution in [3.8, 4) is 11.1 Å². The summed E-state index contributed by atoms with van der Waals surface area (Å²) in [6.45, 7) is 12.9. The Morgan fingerprint density at radius 3 is 1.27 bits per heavy atom. The highest BCUT2D eigenvalue weighted by Gasteiger charge is 2.39. The zero-order chi connectivity index (χ0) is 49.7. The number of unbranched alkanes of at least 4 members (excludes halogenated alkanes) is 10. The van der Waals surface area contributed by atoms with Gasteiger partial charge in [0.25, 0.3) is 23.6 Å². The molecule has 362 valence electrons. The summed E-state index contributed by atoms with van der Waals surface area (Å²) in [4.78, 5) is 61.9. The molecule has 0 atom stereocenters. The zero-order valence-corrected chi connectivity index (χ0v) is 43.9. The normalized spacial score (nSPS) is 13.8. The van der Waals surface area contributed by atoms with Gasteiger partial charge >= 0.3 is 0 Å². The van der Waals surface area contributed by atoms with E-state index in [-0.39, 0.29) is 35.5 Å². The van der Waals surface area contributed by atoms with Crippen molar-refractivity contribution in [2.45, 2.75) is 143 Å². The van der Waals surface area contributed by atoms with E-state index in [0.29, 0.717) is 44.4 Å². The van der Waals surface area contributed by atoms with Crippen LogP contribution in [0.15, 0.2) is 108 Å². The summed E-state index contributed by atoms with van der Waals surface area (Å²) in [5, 5.41) is 6.43.